The zero-order chi connectivity index (χ0) is 34.4. The van der Waals surface area contributed by atoms with Gasteiger partial charge in [0.15, 0.2) is 0 Å². The number of para-hydroxylation sites is 2. The monoisotopic (exact) mass is 662 g/mol. The predicted molar refractivity (Wildman–Crippen MR) is 221 cm³/mol. The Bertz CT molecular complexity index is 2860. The average molecular weight is 663 g/mol. The van der Waals surface area contributed by atoms with E-state index in [1.807, 2.05) is 0 Å². The molecule has 0 aliphatic rings. The van der Waals surface area contributed by atoms with E-state index in [-0.39, 0.29) is 0 Å². The molecule has 10 aromatic rings. The van der Waals surface area contributed by atoms with Gasteiger partial charge < -0.3 is 9.47 Å². The van der Waals surface area contributed by atoms with Crippen LogP contribution < -0.4 is 4.90 Å². The fourth-order valence-electron chi connectivity index (χ4n) is 8.00. The maximum absolute atomic E-state index is 2.42. The van der Waals surface area contributed by atoms with Crippen LogP contribution in [0.3, 0.4) is 0 Å². The molecule has 1 heterocycles. The number of fused-ring (bicyclic) bond motifs is 6. The summed E-state index contributed by atoms with van der Waals surface area (Å²) in [5.41, 5.74) is 11.8. The van der Waals surface area contributed by atoms with Crippen LogP contribution in [0.1, 0.15) is 0 Å². The van der Waals surface area contributed by atoms with Crippen molar-refractivity contribution >= 4 is 60.4 Å². The SMILES string of the molecule is c1ccc(-c2cccc3cccc(-c4ccc(N(c5ccccc5)c5ccc(-n6c7ccccc7c7ccc8ccccc8c76)cc5)cc4)c23)cc1. The van der Waals surface area contributed by atoms with E-state index in [1.165, 1.54) is 65.6 Å². The number of anilines is 3. The van der Waals surface area contributed by atoms with Crippen LogP contribution in [-0.4, -0.2) is 4.57 Å². The van der Waals surface area contributed by atoms with E-state index in [0.29, 0.717) is 0 Å². The Balaban J connectivity index is 1.08. The third-order valence-corrected chi connectivity index (χ3v) is 10.4. The van der Waals surface area contributed by atoms with Gasteiger partial charge in [0.05, 0.1) is 11.0 Å². The number of aromatic nitrogens is 1. The van der Waals surface area contributed by atoms with Gasteiger partial charge in [-0.15, -0.1) is 0 Å². The lowest BCUT2D eigenvalue weighted by Gasteiger charge is -2.26. The summed E-state index contributed by atoms with van der Waals surface area (Å²) in [6.45, 7) is 0. The van der Waals surface area contributed by atoms with E-state index in [1.54, 1.807) is 0 Å². The average Bonchev–Trinajstić information content (AvgIpc) is 3.57. The molecule has 2 nitrogen and oxygen atoms in total. The molecule has 0 atom stereocenters. The van der Waals surface area contributed by atoms with Gasteiger partial charge in [0.1, 0.15) is 0 Å². The molecule has 1 aromatic heterocycles. The van der Waals surface area contributed by atoms with Gasteiger partial charge in [0, 0.05) is 38.9 Å². The van der Waals surface area contributed by atoms with Crippen LogP contribution in [0, 0.1) is 0 Å². The Hall–Kier alpha value is -6.90. The van der Waals surface area contributed by atoms with Crippen LogP contribution in [0.2, 0.25) is 0 Å². The van der Waals surface area contributed by atoms with Crippen molar-refractivity contribution in [3.8, 4) is 27.9 Å². The van der Waals surface area contributed by atoms with E-state index in [0.717, 1.165) is 22.7 Å². The van der Waals surface area contributed by atoms with Crippen molar-refractivity contribution in [2.24, 2.45) is 0 Å². The van der Waals surface area contributed by atoms with Crippen LogP contribution in [0.5, 0.6) is 0 Å². The second-order valence-corrected chi connectivity index (χ2v) is 13.3. The molecule has 0 spiro atoms. The maximum Gasteiger partial charge on any atom is 0.0619 e. The van der Waals surface area contributed by atoms with E-state index in [9.17, 15) is 0 Å². The number of benzene rings is 9. The summed E-state index contributed by atoms with van der Waals surface area (Å²) in [5, 5.41) is 7.55. The second kappa shape index (κ2) is 12.5. The molecule has 0 bridgehead atoms. The Morgan fingerprint density at radius 1 is 0.327 bits per heavy atom. The van der Waals surface area contributed by atoms with Crippen molar-refractivity contribution < 1.29 is 0 Å². The number of hydrogen-bond donors (Lipinski definition) is 0. The van der Waals surface area contributed by atoms with Crippen molar-refractivity contribution in [3.05, 3.63) is 206 Å². The molecule has 0 saturated carbocycles. The molecular formula is C50H34N2. The first-order valence-electron chi connectivity index (χ1n) is 17.9. The van der Waals surface area contributed by atoms with Crippen molar-refractivity contribution in [1.29, 1.82) is 0 Å². The topological polar surface area (TPSA) is 8.17 Å². The van der Waals surface area contributed by atoms with Crippen LogP contribution in [0.4, 0.5) is 17.1 Å². The molecule has 0 radical (unpaired) electrons. The summed E-state index contributed by atoms with van der Waals surface area (Å²) < 4.78 is 2.42. The van der Waals surface area contributed by atoms with E-state index < -0.39 is 0 Å². The quantitative estimate of drug-likeness (QED) is 0.172. The highest BCUT2D eigenvalue weighted by Crippen LogP contribution is 2.41. The van der Waals surface area contributed by atoms with Gasteiger partial charge in [-0.25, -0.2) is 0 Å². The minimum atomic E-state index is 1.10. The normalized spacial score (nSPS) is 11.5. The Labute approximate surface area is 303 Å². The largest absolute Gasteiger partial charge is 0.311 e. The molecule has 0 amide bonds. The van der Waals surface area contributed by atoms with Crippen LogP contribution in [0.25, 0.3) is 71.3 Å². The Morgan fingerprint density at radius 2 is 0.865 bits per heavy atom. The molecule has 52 heavy (non-hydrogen) atoms. The third-order valence-electron chi connectivity index (χ3n) is 10.4. The maximum atomic E-state index is 2.42. The van der Waals surface area contributed by atoms with E-state index in [2.05, 4.69) is 216 Å². The first-order chi connectivity index (χ1) is 25.8. The molecule has 0 saturated heterocycles. The van der Waals surface area contributed by atoms with Crippen molar-refractivity contribution in [2.75, 3.05) is 4.90 Å². The molecule has 0 unspecified atom stereocenters. The fourth-order valence-corrected chi connectivity index (χ4v) is 8.00. The summed E-state index contributed by atoms with van der Waals surface area (Å²) in [6, 6.07) is 74.5. The highest BCUT2D eigenvalue weighted by Gasteiger charge is 2.17. The summed E-state index contributed by atoms with van der Waals surface area (Å²) in [5.74, 6) is 0. The molecule has 244 valence electrons. The molecule has 10 rings (SSSR count). The summed E-state index contributed by atoms with van der Waals surface area (Å²) in [4.78, 5) is 2.34. The minimum absolute atomic E-state index is 1.10. The summed E-state index contributed by atoms with van der Waals surface area (Å²) in [6.07, 6.45) is 0. The highest BCUT2D eigenvalue weighted by atomic mass is 15.1. The molecular weight excluding hydrogens is 629 g/mol. The molecule has 9 aromatic carbocycles. The zero-order valence-corrected chi connectivity index (χ0v) is 28.5. The van der Waals surface area contributed by atoms with Gasteiger partial charge in [0.25, 0.3) is 0 Å². The molecule has 2 heteroatoms. The highest BCUT2D eigenvalue weighted by molar-refractivity contribution is 6.18. The molecule has 0 aliphatic carbocycles. The van der Waals surface area contributed by atoms with Gasteiger partial charge in [0.2, 0.25) is 0 Å². The third kappa shape index (κ3) is 4.96. The number of hydrogen-bond acceptors (Lipinski definition) is 1. The smallest absolute Gasteiger partial charge is 0.0619 e. The number of nitrogens with zero attached hydrogens (tertiary/aromatic N) is 2. The van der Waals surface area contributed by atoms with Gasteiger partial charge in [-0.2, -0.15) is 0 Å². The van der Waals surface area contributed by atoms with Gasteiger partial charge in [-0.1, -0.05) is 152 Å². The Kier molecular flexibility index (Phi) is 7.18. The van der Waals surface area contributed by atoms with Crippen LogP contribution in [-0.2, 0) is 0 Å². The second-order valence-electron chi connectivity index (χ2n) is 13.3. The lowest BCUT2D eigenvalue weighted by atomic mass is 9.91. The molecule has 0 aliphatic heterocycles. The predicted octanol–water partition coefficient (Wildman–Crippen LogP) is 13.9. The van der Waals surface area contributed by atoms with Crippen molar-refractivity contribution in [1.82, 2.24) is 4.57 Å². The van der Waals surface area contributed by atoms with Crippen LogP contribution in [0.15, 0.2) is 206 Å². The molecule has 0 N–H and O–H groups in total. The zero-order valence-electron chi connectivity index (χ0n) is 28.5. The van der Waals surface area contributed by atoms with Crippen molar-refractivity contribution in [3.63, 3.8) is 0 Å². The standard InChI is InChI=1S/C50H34N2/c1-3-13-35(14-4-1)43-22-11-16-38-17-12-23-44(49(38)43)37-25-28-40(29-26-37)51(39-18-5-2-6-19-39)41-30-32-42(33-31-41)52-48-24-10-9-21-46(48)47-34-27-36-15-7-8-20-45(36)50(47)52/h1-34H. The first kappa shape index (κ1) is 30.0. The van der Waals surface area contributed by atoms with Crippen molar-refractivity contribution in [2.45, 2.75) is 0 Å². The van der Waals surface area contributed by atoms with Gasteiger partial charge in [-0.05, 0) is 93.0 Å². The lowest BCUT2D eigenvalue weighted by Crippen LogP contribution is -2.10. The summed E-state index contributed by atoms with van der Waals surface area (Å²) >= 11 is 0. The minimum Gasteiger partial charge on any atom is -0.311 e. The molecule has 0 fully saturated rings. The van der Waals surface area contributed by atoms with E-state index >= 15 is 0 Å². The van der Waals surface area contributed by atoms with E-state index in [4.69, 9.17) is 0 Å². The van der Waals surface area contributed by atoms with Crippen LogP contribution >= 0.6 is 0 Å². The fraction of sp³-hybridized carbons (Fsp3) is 0. The number of rotatable bonds is 6. The Morgan fingerprint density at radius 3 is 1.58 bits per heavy atom. The first-order valence-corrected chi connectivity index (χ1v) is 17.9. The van der Waals surface area contributed by atoms with Gasteiger partial charge in [-0.3, -0.25) is 0 Å². The lowest BCUT2D eigenvalue weighted by molar-refractivity contribution is 1.18. The summed E-state index contributed by atoms with van der Waals surface area (Å²) in [7, 11) is 0. The van der Waals surface area contributed by atoms with Gasteiger partial charge >= 0.3 is 0 Å².